The smallest absolute Gasteiger partial charge is 0.212 e. The van der Waals surface area contributed by atoms with Crippen molar-refractivity contribution in [2.24, 2.45) is 5.92 Å². The molecule has 1 unspecified atom stereocenters. The van der Waals surface area contributed by atoms with Gasteiger partial charge in [0.2, 0.25) is 5.88 Å². The van der Waals surface area contributed by atoms with Crippen LogP contribution in [0.3, 0.4) is 0 Å². The third kappa shape index (κ3) is 2.67. The fourth-order valence-electron chi connectivity index (χ4n) is 3.21. The van der Waals surface area contributed by atoms with Gasteiger partial charge in [-0.3, -0.25) is 0 Å². The fraction of sp³-hybridized carbons (Fsp3) is 0.353. The first kappa shape index (κ1) is 14.9. The van der Waals surface area contributed by atoms with Crippen LogP contribution in [-0.2, 0) is 0 Å². The molecule has 3 N–H and O–H groups in total. The largest absolute Gasteiger partial charge is 0.481 e. The molecule has 1 aliphatic rings. The van der Waals surface area contributed by atoms with Crippen LogP contribution in [0.25, 0.3) is 11.0 Å². The molecule has 3 heterocycles. The number of nitrogens with one attached hydrogen (secondary N) is 2. The maximum Gasteiger partial charge on any atom is 0.212 e. The number of rotatable bonds is 5. The van der Waals surface area contributed by atoms with Crippen LogP contribution in [-0.4, -0.2) is 38.3 Å². The summed E-state index contributed by atoms with van der Waals surface area (Å²) in [7, 11) is 1.60. The van der Waals surface area contributed by atoms with Crippen LogP contribution >= 0.6 is 0 Å². The van der Waals surface area contributed by atoms with E-state index in [0.717, 1.165) is 35.3 Å². The molecule has 0 aliphatic heterocycles. The van der Waals surface area contributed by atoms with Crippen LogP contribution in [0.4, 0.5) is 5.82 Å². The number of aliphatic hydroxyl groups is 1. The zero-order valence-corrected chi connectivity index (χ0v) is 13.3. The van der Waals surface area contributed by atoms with Crippen molar-refractivity contribution in [1.29, 1.82) is 0 Å². The number of ether oxygens (including phenoxy) is 1. The van der Waals surface area contributed by atoms with Gasteiger partial charge in [0.05, 0.1) is 24.6 Å². The quantitative estimate of drug-likeness (QED) is 0.666. The lowest BCUT2D eigenvalue weighted by Gasteiger charge is -2.38. The van der Waals surface area contributed by atoms with Crippen molar-refractivity contribution in [3.05, 3.63) is 42.5 Å². The molecule has 7 heteroatoms. The highest BCUT2D eigenvalue weighted by molar-refractivity contribution is 5.86. The number of aliphatic hydroxyl groups excluding tert-OH is 1. The summed E-state index contributed by atoms with van der Waals surface area (Å²) in [6.45, 7) is 0. The van der Waals surface area contributed by atoms with Gasteiger partial charge in [0.15, 0.2) is 0 Å². The van der Waals surface area contributed by atoms with Crippen molar-refractivity contribution >= 4 is 16.9 Å². The number of anilines is 1. The third-order valence-electron chi connectivity index (χ3n) is 4.59. The van der Waals surface area contributed by atoms with Gasteiger partial charge in [-0.25, -0.2) is 15.0 Å². The number of aromatic nitrogens is 4. The summed E-state index contributed by atoms with van der Waals surface area (Å²) in [4.78, 5) is 16.0. The monoisotopic (exact) mass is 325 g/mol. The second-order valence-corrected chi connectivity index (χ2v) is 6.10. The first-order valence-corrected chi connectivity index (χ1v) is 7.97. The molecule has 0 spiro atoms. The Kier molecular flexibility index (Phi) is 3.78. The average molecular weight is 325 g/mol. The summed E-state index contributed by atoms with van der Waals surface area (Å²) in [5, 5.41) is 14.2. The lowest BCUT2D eigenvalue weighted by atomic mass is 9.75. The molecule has 1 aliphatic carbocycles. The normalized spacial score (nSPS) is 21.2. The third-order valence-corrected chi connectivity index (χ3v) is 4.59. The predicted molar refractivity (Wildman–Crippen MR) is 89.8 cm³/mol. The number of pyridine rings is 1. The molecular weight excluding hydrogens is 306 g/mol. The second-order valence-electron chi connectivity index (χ2n) is 6.10. The Morgan fingerprint density at radius 3 is 2.83 bits per heavy atom. The molecule has 3 aromatic heterocycles. The maximum atomic E-state index is 9.71. The van der Waals surface area contributed by atoms with E-state index < -0.39 is 0 Å². The van der Waals surface area contributed by atoms with Gasteiger partial charge in [-0.05, 0) is 30.4 Å². The Labute approximate surface area is 139 Å². The van der Waals surface area contributed by atoms with Crippen molar-refractivity contribution in [2.45, 2.75) is 25.0 Å². The summed E-state index contributed by atoms with van der Waals surface area (Å²) in [6, 6.07) is 5.84. The Morgan fingerprint density at radius 1 is 1.25 bits per heavy atom. The summed E-state index contributed by atoms with van der Waals surface area (Å²) >= 11 is 0. The molecule has 24 heavy (non-hydrogen) atoms. The lowest BCUT2D eigenvalue weighted by Crippen LogP contribution is -2.36. The number of hydrogen-bond acceptors (Lipinski definition) is 6. The van der Waals surface area contributed by atoms with E-state index in [0.29, 0.717) is 11.8 Å². The minimum absolute atomic E-state index is 0.0276. The minimum atomic E-state index is -0.219. The Morgan fingerprint density at radius 2 is 2.12 bits per heavy atom. The predicted octanol–water partition coefficient (Wildman–Crippen LogP) is 2.29. The van der Waals surface area contributed by atoms with Crippen LogP contribution in [0, 0.1) is 5.92 Å². The van der Waals surface area contributed by atoms with E-state index in [2.05, 4.69) is 25.3 Å². The zero-order chi connectivity index (χ0) is 16.5. The summed E-state index contributed by atoms with van der Waals surface area (Å²) in [5.74, 6) is 1.70. The van der Waals surface area contributed by atoms with E-state index in [1.165, 1.54) is 0 Å². The molecule has 7 nitrogen and oxygen atoms in total. The van der Waals surface area contributed by atoms with E-state index in [4.69, 9.17) is 4.74 Å². The summed E-state index contributed by atoms with van der Waals surface area (Å²) in [6.07, 6.45) is 6.53. The van der Waals surface area contributed by atoms with Gasteiger partial charge in [-0.2, -0.15) is 0 Å². The van der Waals surface area contributed by atoms with E-state index in [9.17, 15) is 5.11 Å². The molecule has 4 rings (SSSR count). The number of aromatic amines is 1. The van der Waals surface area contributed by atoms with E-state index in [-0.39, 0.29) is 12.1 Å². The highest BCUT2D eigenvalue weighted by Gasteiger charge is 2.35. The van der Waals surface area contributed by atoms with Gasteiger partial charge < -0.3 is 20.1 Å². The molecule has 0 saturated heterocycles. The SMILES string of the molecule is COc1ccc(C(Nc2ncnc3[nH]ccc23)C2CC(O)C2)cn1. The molecule has 0 amide bonds. The van der Waals surface area contributed by atoms with Gasteiger partial charge in [0.1, 0.15) is 17.8 Å². The van der Waals surface area contributed by atoms with E-state index in [1.54, 1.807) is 13.4 Å². The van der Waals surface area contributed by atoms with Gasteiger partial charge in [-0.15, -0.1) is 0 Å². The molecule has 1 atom stereocenters. The molecular formula is C17H19N5O2. The second kappa shape index (κ2) is 6.09. The van der Waals surface area contributed by atoms with Crippen molar-refractivity contribution in [3.63, 3.8) is 0 Å². The maximum absolute atomic E-state index is 9.71. The molecule has 0 radical (unpaired) electrons. The van der Waals surface area contributed by atoms with Crippen molar-refractivity contribution in [2.75, 3.05) is 12.4 Å². The molecule has 0 aromatic carbocycles. The highest BCUT2D eigenvalue weighted by atomic mass is 16.5. The van der Waals surface area contributed by atoms with Gasteiger partial charge in [0.25, 0.3) is 0 Å². The van der Waals surface area contributed by atoms with Crippen molar-refractivity contribution < 1.29 is 9.84 Å². The summed E-state index contributed by atoms with van der Waals surface area (Å²) in [5.41, 5.74) is 1.85. The Bertz CT molecular complexity index is 826. The van der Waals surface area contributed by atoms with E-state index in [1.807, 2.05) is 30.6 Å². The van der Waals surface area contributed by atoms with Crippen molar-refractivity contribution in [1.82, 2.24) is 19.9 Å². The summed E-state index contributed by atoms with van der Waals surface area (Å²) < 4.78 is 5.14. The minimum Gasteiger partial charge on any atom is -0.481 e. The van der Waals surface area contributed by atoms with Gasteiger partial charge in [-0.1, -0.05) is 6.07 Å². The molecule has 1 saturated carbocycles. The van der Waals surface area contributed by atoms with Crippen LogP contribution in [0.1, 0.15) is 24.4 Å². The molecule has 0 bridgehead atoms. The van der Waals surface area contributed by atoms with Crippen LogP contribution < -0.4 is 10.1 Å². The molecule has 1 fully saturated rings. The Balaban J connectivity index is 1.66. The van der Waals surface area contributed by atoms with Crippen LogP contribution in [0.2, 0.25) is 0 Å². The van der Waals surface area contributed by atoms with Crippen molar-refractivity contribution in [3.8, 4) is 5.88 Å². The van der Waals surface area contributed by atoms with Gasteiger partial charge >= 0.3 is 0 Å². The first-order chi connectivity index (χ1) is 11.7. The van der Waals surface area contributed by atoms with Crippen LogP contribution in [0.5, 0.6) is 5.88 Å². The van der Waals surface area contributed by atoms with Gasteiger partial charge in [0, 0.05) is 18.5 Å². The molecule has 3 aromatic rings. The number of nitrogens with zero attached hydrogens (tertiary/aromatic N) is 3. The molecule has 124 valence electrons. The number of methoxy groups -OCH3 is 1. The Hall–Kier alpha value is -2.67. The zero-order valence-electron chi connectivity index (χ0n) is 13.3. The standard InChI is InChI=1S/C17H19N5O2/c1-24-14-3-2-10(8-19-14)15(11-6-12(23)7-11)22-17-13-4-5-18-16(13)20-9-21-17/h2-5,8-9,11-12,15,23H,6-7H2,1H3,(H2,18,20,21,22). The average Bonchev–Trinajstić information content (AvgIpc) is 3.07. The van der Waals surface area contributed by atoms with E-state index >= 15 is 0 Å². The highest BCUT2D eigenvalue weighted by Crippen LogP contribution is 2.40. The lowest BCUT2D eigenvalue weighted by molar-refractivity contribution is 0.0339. The van der Waals surface area contributed by atoms with Crippen LogP contribution in [0.15, 0.2) is 36.9 Å². The fourth-order valence-corrected chi connectivity index (χ4v) is 3.21. The number of H-pyrrole nitrogens is 1. The first-order valence-electron chi connectivity index (χ1n) is 7.97. The number of fused-ring (bicyclic) bond motifs is 1. The topological polar surface area (TPSA) is 96.0 Å². The number of hydrogen-bond donors (Lipinski definition) is 3.